The van der Waals surface area contributed by atoms with E-state index in [-0.39, 0.29) is 5.78 Å². The second-order valence-electron chi connectivity index (χ2n) is 6.35. The van der Waals surface area contributed by atoms with Crippen molar-refractivity contribution >= 4 is 52.2 Å². The van der Waals surface area contributed by atoms with E-state index in [0.717, 1.165) is 14.0 Å². The third-order valence-electron chi connectivity index (χ3n) is 4.32. The summed E-state index contributed by atoms with van der Waals surface area (Å²) in [6, 6.07) is 20.4. The Hall–Kier alpha value is -2.38. The second kappa shape index (κ2) is 7.93. The van der Waals surface area contributed by atoms with Crippen molar-refractivity contribution in [2.75, 3.05) is 0 Å². The third-order valence-corrected chi connectivity index (χ3v) is 6.36. The molecule has 138 valence electrons. The molecule has 0 spiro atoms. The van der Waals surface area contributed by atoms with E-state index in [1.807, 2.05) is 61.5 Å². The SMILES string of the molecule is Cc1ccc(OC(=O)c2ccccc2I)c(/C=C2\Sc3ccccc3C2=O)c1. The van der Waals surface area contributed by atoms with Crippen molar-refractivity contribution in [3.8, 4) is 5.75 Å². The lowest BCUT2D eigenvalue weighted by Crippen LogP contribution is -2.11. The molecule has 0 radical (unpaired) electrons. The van der Waals surface area contributed by atoms with Crippen LogP contribution < -0.4 is 4.74 Å². The summed E-state index contributed by atoms with van der Waals surface area (Å²) < 4.78 is 6.51. The van der Waals surface area contributed by atoms with Gasteiger partial charge in [-0.25, -0.2) is 4.79 Å². The monoisotopic (exact) mass is 498 g/mol. The number of thioether (sulfide) groups is 1. The first-order valence-electron chi connectivity index (χ1n) is 8.63. The molecule has 1 aliphatic rings. The van der Waals surface area contributed by atoms with Gasteiger partial charge in [-0.1, -0.05) is 47.7 Å². The Labute approximate surface area is 180 Å². The van der Waals surface area contributed by atoms with Gasteiger partial charge in [0.1, 0.15) is 5.75 Å². The number of benzene rings is 3. The maximum Gasteiger partial charge on any atom is 0.344 e. The number of ether oxygens (including phenoxy) is 1. The molecular weight excluding hydrogens is 483 g/mol. The van der Waals surface area contributed by atoms with Crippen LogP contribution in [0.3, 0.4) is 0 Å². The van der Waals surface area contributed by atoms with Crippen molar-refractivity contribution in [3.05, 3.63) is 97.5 Å². The van der Waals surface area contributed by atoms with E-state index in [9.17, 15) is 9.59 Å². The van der Waals surface area contributed by atoms with Crippen molar-refractivity contribution in [3.63, 3.8) is 0 Å². The number of fused-ring (bicyclic) bond motifs is 1. The number of halogens is 1. The standard InChI is InChI=1S/C23H15IO3S/c1-14-10-11-19(27-23(26)16-6-2-4-8-18(16)24)15(12-14)13-21-22(25)17-7-3-5-9-20(17)28-21/h2-13H,1H3/b21-13-. The number of carbonyl (C=O) groups excluding carboxylic acids is 2. The van der Waals surface area contributed by atoms with Gasteiger partial charge in [-0.05, 0) is 72.0 Å². The zero-order valence-electron chi connectivity index (χ0n) is 14.9. The predicted octanol–water partition coefficient (Wildman–Crippen LogP) is 6.15. The molecule has 0 N–H and O–H groups in total. The molecule has 0 atom stereocenters. The van der Waals surface area contributed by atoms with E-state index < -0.39 is 5.97 Å². The van der Waals surface area contributed by atoms with Gasteiger partial charge in [0.15, 0.2) is 0 Å². The molecular formula is C23H15IO3S. The molecule has 0 amide bonds. The highest BCUT2D eigenvalue weighted by Gasteiger charge is 2.25. The second-order valence-corrected chi connectivity index (χ2v) is 8.59. The lowest BCUT2D eigenvalue weighted by Gasteiger charge is -2.10. The molecule has 0 saturated carbocycles. The summed E-state index contributed by atoms with van der Waals surface area (Å²) >= 11 is 3.56. The molecule has 0 saturated heterocycles. The molecule has 1 aliphatic heterocycles. The Bertz CT molecular complexity index is 1130. The summed E-state index contributed by atoms with van der Waals surface area (Å²) in [5.41, 5.74) is 2.96. The van der Waals surface area contributed by atoms with Crippen molar-refractivity contribution in [2.45, 2.75) is 11.8 Å². The minimum Gasteiger partial charge on any atom is -0.422 e. The van der Waals surface area contributed by atoms with E-state index in [0.29, 0.717) is 27.3 Å². The van der Waals surface area contributed by atoms with Crippen LogP contribution in [-0.2, 0) is 0 Å². The van der Waals surface area contributed by atoms with Crippen molar-refractivity contribution in [2.24, 2.45) is 0 Å². The maximum atomic E-state index is 12.7. The highest BCUT2D eigenvalue weighted by molar-refractivity contribution is 14.1. The number of rotatable bonds is 3. The molecule has 0 bridgehead atoms. The van der Waals surface area contributed by atoms with Gasteiger partial charge in [0, 0.05) is 19.6 Å². The van der Waals surface area contributed by atoms with E-state index in [1.165, 1.54) is 11.8 Å². The van der Waals surface area contributed by atoms with Crippen LogP contribution in [0.4, 0.5) is 0 Å². The van der Waals surface area contributed by atoms with Crippen LogP contribution in [0.15, 0.2) is 76.5 Å². The minimum atomic E-state index is -0.415. The van der Waals surface area contributed by atoms with Gasteiger partial charge in [-0.2, -0.15) is 0 Å². The van der Waals surface area contributed by atoms with E-state index >= 15 is 0 Å². The van der Waals surface area contributed by atoms with Crippen LogP contribution in [0, 0.1) is 10.5 Å². The lowest BCUT2D eigenvalue weighted by atomic mass is 10.1. The largest absolute Gasteiger partial charge is 0.422 e. The van der Waals surface area contributed by atoms with Crippen molar-refractivity contribution in [1.29, 1.82) is 0 Å². The Balaban J connectivity index is 1.68. The number of esters is 1. The fourth-order valence-electron chi connectivity index (χ4n) is 2.93. The van der Waals surface area contributed by atoms with Crippen LogP contribution in [0.1, 0.15) is 31.8 Å². The zero-order chi connectivity index (χ0) is 19.7. The van der Waals surface area contributed by atoms with Crippen LogP contribution in [0.25, 0.3) is 6.08 Å². The molecule has 3 nitrogen and oxygen atoms in total. The smallest absolute Gasteiger partial charge is 0.344 e. The molecule has 4 rings (SSSR count). The average molecular weight is 498 g/mol. The Morgan fingerprint density at radius 3 is 2.57 bits per heavy atom. The van der Waals surface area contributed by atoms with Gasteiger partial charge >= 0.3 is 5.97 Å². The fraction of sp³-hybridized carbons (Fsp3) is 0.0435. The van der Waals surface area contributed by atoms with Gasteiger partial charge in [0.05, 0.1) is 10.5 Å². The summed E-state index contributed by atoms with van der Waals surface area (Å²) in [6.07, 6.45) is 1.80. The van der Waals surface area contributed by atoms with Gasteiger partial charge in [-0.3, -0.25) is 4.79 Å². The summed E-state index contributed by atoms with van der Waals surface area (Å²) in [5, 5.41) is 0. The molecule has 0 unspecified atom stereocenters. The number of Topliss-reactive ketones (excluding diaryl/α,β-unsaturated/α-hetero) is 1. The zero-order valence-corrected chi connectivity index (χ0v) is 17.9. The molecule has 28 heavy (non-hydrogen) atoms. The number of carbonyl (C=O) groups is 2. The normalized spacial score (nSPS) is 14.2. The highest BCUT2D eigenvalue weighted by atomic mass is 127. The number of allylic oxidation sites excluding steroid dienone is 1. The topological polar surface area (TPSA) is 43.4 Å². The first-order chi connectivity index (χ1) is 13.5. The fourth-order valence-corrected chi connectivity index (χ4v) is 4.58. The van der Waals surface area contributed by atoms with Crippen molar-refractivity contribution in [1.82, 2.24) is 0 Å². The molecule has 0 fully saturated rings. The van der Waals surface area contributed by atoms with E-state index in [4.69, 9.17) is 4.74 Å². The highest BCUT2D eigenvalue weighted by Crippen LogP contribution is 2.41. The molecule has 3 aromatic rings. The van der Waals surface area contributed by atoms with Gasteiger partial charge in [0.2, 0.25) is 5.78 Å². The Kier molecular flexibility index (Phi) is 5.37. The molecule has 3 aromatic carbocycles. The number of hydrogen-bond acceptors (Lipinski definition) is 4. The number of ketones is 1. The summed E-state index contributed by atoms with van der Waals surface area (Å²) in [4.78, 5) is 26.9. The Morgan fingerprint density at radius 1 is 1.04 bits per heavy atom. The molecule has 1 heterocycles. The van der Waals surface area contributed by atoms with E-state index in [1.54, 1.807) is 18.2 Å². The Morgan fingerprint density at radius 2 is 1.79 bits per heavy atom. The third kappa shape index (κ3) is 3.77. The predicted molar refractivity (Wildman–Crippen MR) is 120 cm³/mol. The number of aryl methyl sites for hydroxylation is 1. The first kappa shape index (κ1) is 19.0. The molecule has 0 aromatic heterocycles. The van der Waals surface area contributed by atoms with Gasteiger partial charge in [-0.15, -0.1) is 0 Å². The summed E-state index contributed by atoms with van der Waals surface area (Å²) in [7, 11) is 0. The van der Waals surface area contributed by atoms with Gasteiger partial charge < -0.3 is 4.74 Å². The van der Waals surface area contributed by atoms with Crippen molar-refractivity contribution < 1.29 is 14.3 Å². The van der Waals surface area contributed by atoms with Crippen LogP contribution in [-0.4, -0.2) is 11.8 Å². The molecule has 5 heteroatoms. The van der Waals surface area contributed by atoms with Crippen LogP contribution in [0.2, 0.25) is 0 Å². The van der Waals surface area contributed by atoms with E-state index in [2.05, 4.69) is 22.6 Å². The summed E-state index contributed by atoms with van der Waals surface area (Å²) in [5.74, 6) is 0.0197. The maximum absolute atomic E-state index is 12.7. The van der Waals surface area contributed by atoms with Crippen LogP contribution >= 0.6 is 34.4 Å². The quantitative estimate of drug-likeness (QED) is 0.188. The number of hydrogen-bond donors (Lipinski definition) is 0. The minimum absolute atomic E-state index is 0.00279. The molecule has 0 aliphatic carbocycles. The average Bonchev–Trinajstić information content (AvgIpc) is 3.00. The first-order valence-corrected chi connectivity index (χ1v) is 10.5. The van der Waals surface area contributed by atoms with Gasteiger partial charge in [0.25, 0.3) is 0 Å². The lowest BCUT2D eigenvalue weighted by molar-refractivity contribution is 0.0733. The van der Waals surface area contributed by atoms with Crippen LogP contribution in [0.5, 0.6) is 5.75 Å². The summed E-state index contributed by atoms with van der Waals surface area (Å²) in [6.45, 7) is 1.96.